The van der Waals surface area contributed by atoms with Crippen molar-refractivity contribution in [3.05, 3.63) is 35.9 Å². The second kappa shape index (κ2) is 6.66. The van der Waals surface area contributed by atoms with Crippen LogP contribution >= 0.6 is 7.60 Å². The minimum absolute atomic E-state index is 0.108. The van der Waals surface area contributed by atoms with Crippen LogP contribution in [-0.2, 0) is 15.8 Å². The average molecular weight is 273 g/mol. The van der Waals surface area contributed by atoms with Gasteiger partial charge in [-0.1, -0.05) is 30.3 Å². The smallest absolute Gasteiger partial charge is 0.324 e. The van der Waals surface area contributed by atoms with Crippen molar-refractivity contribution in [3.63, 3.8) is 0 Å². The van der Waals surface area contributed by atoms with Gasteiger partial charge in [0.25, 0.3) is 0 Å². The Morgan fingerprint density at radius 3 is 2.39 bits per heavy atom. The van der Waals surface area contributed by atoms with Gasteiger partial charge in [-0.25, -0.2) is 5.06 Å². The highest BCUT2D eigenvalue weighted by atomic mass is 31.2. The Bertz CT molecular complexity index is 419. The Balaban J connectivity index is 2.71. The second-order valence-electron chi connectivity index (χ2n) is 4.13. The number of hydrogen-bond acceptors (Lipinski definition) is 3. The van der Waals surface area contributed by atoms with Crippen LogP contribution in [-0.4, -0.2) is 39.2 Å². The first-order valence-electron chi connectivity index (χ1n) is 5.40. The van der Waals surface area contributed by atoms with Gasteiger partial charge in [0.15, 0.2) is 0 Å². The zero-order valence-electron chi connectivity index (χ0n) is 9.72. The molecule has 0 aromatic heterocycles. The summed E-state index contributed by atoms with van der Waals surface area (Å²) in [6.45, 7) is -0.108. The molecular weight excluding hydrogens is 257 g/mol. The van der Waals surface area contributed by atoms with Gasteiger partial charge in [-0.05, 0) is 17.9 Å². The molecule has 18 heavy (non-hydrogen) atoms. The van der Waals surface area contributed by atoms with Crippen LogP contribution in [0, 0.1) is 5.92 Å². The predicted molar refractivity (Wildman–Crippen MR) is 65.1 cm³/mol. The van der Waals surface area contributed by atoms with Crippen LogP contribution in [0.4, 0.5) is 0 Å². The van der Waals surface area contributed by atoms with E-state index in [-0.39, 0.29) is 19.1 Å². The first-order valence-corrected chi connectivity index (χ1v) is 7.20. The van der Waals surface area contributed by atoms with E-state index in [2.05, 4.69) is 0 Å². The summed E-state index contributed by atoms with van der Waals surface area (Å²) in [5.41, 5.74) is 0.898. The van der Waals surface area contributed by atoms with E-state index in [0.717, 1.165) is 5.56 Å². The molecule has 3 N–H and O–H groups in total. The molecule has 0 saturated heterocycles. The van der Waals surface area contributed by atoms with Crippen LogP contribution < -0.4 is 0 Å². The molecule has 7 heteroatoms. The third-order valence-corrected chi connectivity index (χ3v) is 3.42. The molecule has 0 bridgehead atoms. The summed E-state index contributed by atoms with van der Waals surface area (Å²) in [5.74, 6) is -0.497. The first kappa shape index (κ1) is 14.9. The summed E-state index contributed by atoms with van der Waals surface area (Å²) in [5, 5.41) is 9.52. The lowest BCUT2D eigenvalue weighted by Crippen LogP contribution is -2.28. The van der Waals surface area contributed by atoms with Gasteiger partial charge in [-0.2, -0.15) is 0 Å². The van der Waals surface area contributed by atoms with E-state index in [1.54, 1.807) is 0 Å². The van der Waals surface area contributed by atoms with E-state index in [4.69, 9.17) is 15.0 Å². The molecule has 0 radical (unpaired) electrons. The highest BCUT2D eigenvalue weighted by Crippen LogP contribution is 2.37. The van der Waals surface area contributed by atoms with Crippen LogP contribution in [0.3, 0.4) is 0 Å². The lowest BCUT2D eigenvalue weighted by Gasteiger charge is -2.20. The summed E-state index contributed by atoms with van der Waals surface area (Å²) in [7, 11) is -4.18. The van der Waals surface area contributed by atoms with Gasteiger partial charge in [0, 0.05) is 0 Å². The van der Waals surface area contributed by atoms with Gasteiger partial charge in [0.2, 0.25) is 6.41 Å². The molecule has 0 spiro atoms. The number of hydrogen-bond donors (Lipinski definition) is 3. The zero-order valence-corrected chi connectivity index (χ0v) is 10.6. The molecular formula is C11H16NO5P. The van der Waals surface area contributed by atoms with Gasteiger partial charge >= 0.3 is 7.60 Å². The van der Waals surface area contributed by atoms with Crippen LogP contribution in [0.5, 0.6) is 0 Å². The van der Waals surface area contributed by atoms with Crippen molar-refractivity contribution < 1.29 is 24.4 Å². The van der Waals surface area contributed by atoms with Crippen molar-refractivity contribution in [2.24, 2.45) is 5.92 Å². The molecule has 100 valence electrons. The number of carbonyl (C=O) groups is 1. The van der Waals surface area contributed by atoms with E-state index in [1.807, 2.05) is 30.3 Å². The monoisotopic (exact) mass is 273 g/mol. The summed E-state index contributed by atoms with van der Waals surface area (Å²) in [4.78, 5) is 28.3. The fourth-order valence-electron chi connectivity index (χ4n) is 1.78. The van der Waals surface area contributed by atoms with Gasteiger partial charge in [-0.15, -0.1) is 0 Å². The highest BCUT2D eigenvalue weighted by Gasteiger charge is 2.23. The molecule has 1 atom stereocenters. The Hall–Kier alpha value is -1.20. The molecule has 6 nitrogen and oxygen atoms in total. The summed E-state index contributed by atoms with van der Waals surface area (Å²) in [6, 6.07) is 9.14. The largest absolute Gasteiger partial charge is 0.325 e. The van der Waals surface area contributed by atoms with Gasteiger partial charge in [0.05, 0.1) is 12.7 Å². The Labute approximate surface area is 105 Å². The molecule has 0 fully saturated rings. The predicted octanol–water partition coefficient (Wildman–Crippen LogP) is 0.871. The minimum Gasteiger partial charge on any atom is -0.324 e. The van der Waals surface area contributed by atoms with Crippen molar-refractivity contribution in [3.8, 4) is 0 Å². The molecule has 0 saturated carbocycles. The van der Waals surface area contributed by atoms with E-state index in [0.29, 0.717) is 11.5 Å². The fraction of sp³-hybridized carbons (Fsp3) is 0.364. The van der Waals surface area contributed by atoms with Gasteiger partial charge in [0.1, 0.15) is 0 Å². The third-order valence-electron chi connectivity index (χ3n) is 2.43. The number of rotatable bonds is 7. The van der Waals surface area contributed by atoms with Crippen molar-refractivity contribution >= 4 is 14.0 Å². The standard InChI is InChI=1S/C11H16NO5P/c13-9-12(14)7-11(8-18(15,16)17)6-10-4-2-1-3-5-10/h1-5,9,11,14H,6-8H2,(H2,15,16,17). The quantitative estimate of drug-likeness (QED) is 0.296. The Morgan fingerprint density at radius 1 is 1.28 bits per heavy atom. The fourth-order valence-corrected chi connectivity index (χ4v) is 2.70. The lowest BCUT2D eigenvalue weighted by molar-refractivity contribution is -0.151. The van der Waals surface area contributed by atoms with E-state index < -0.39 is 13.5 Å². The van der Waals surface area contributed by atoms with Crippen LogP contribution in [0.15, 0.2) is 30.3 Å². The maximum absolute atomic E-state index is 11.0. The number of carbonyl (C=O) groups excluding carboxylic acids is 1. The summed E-state index contributed by atoms with van der Waals surface area (Å²) >= 11 is 0. The number of amides is 1. The Kier molecular flexibility index (Phi) is 5.50. The average Bonchev–Trinajstić information content (AvgIpc) is 2.27. The summed E-state index contributed by atoms with van der Waals surface area (Å²) < 4.78 is 11.0. The molecule has 1 aromatic rings. The van der Waals surface area contributed by atoms with Crippen molar-refractivity contribution in [1.29, 1.82) is 0 Å². The van der Waals surface area contributed by atoms with E-state index in [1.165, 1.54) is 0 Å². The van der Waals surface area contributed by atoms with Crippen molar-refractivity contribution in [2.45, 2.75) is 6.42 Å². The minimum atomic E-state index is -4.18. The molecule has 0 heterocycles. The molecule has 0 aliphatic rings. The van der Waals surface area contributed by atoms with Crippen LogP contribution in [0.2, 0.25) is 0 Å². The van der Waals surface area contributed by atoms with E-state index in [9.17, 15) is 9.36 Å². The Morgan fingerprint density at radius 2 is 1.89 bits per heavy atom. The van der Waals surface area contributed by atoms with Crippen molar-refractivity contribution in [2.75, 3.05) is 12.7 Å². The van der Waals surface area contributed by atoms with Crippen LogP contribution in [0.1, 0.15) is 5.56 Å². The number of benzene rings is 1. The topological polar surface area (TPSA) is 98.1 Å². The molecule has 1 aromatic carbocycles. The molecule has 0 aliphatic carbocycles. The number of hydroxylamine groups is 2. The first-order chi connectivity index (χ1) is 8.40. The molecule has 1 amide bonds. The zero-order chi connectivity index (χ0) is 13.6. The third kappa shape index (κ3) is 5.93. The maximum atomic E-state index is 11.0. The molecule has 1 unspecified atom stereocenters. The van der Waals surface area contributed by atoms with E-state index >= 15 is 0 Å². The van der Waals surface area contributed by atoms with Gasteiger partial charge in [-0.3, -0.25) is 14.6 Å². The van der Waals surface area contributed by atoms with Crippen molar-refractivity contribution in [1.82, 2.24) is 5.06 Å². The highest BCUT2D eigenvalue weighted by molar-refractivity contribution is 7.51. The maximum Gasteiger partial charge on any atom is 0.325 e. The normalized spacial score (nSPS) is 13.1. The van der Waals surface area contributed by atoms with Crippen LogP contribution in [0.25, 0.3) is 0 Å². The van der Waals surface area contributed by atoms with Gasteiger partial charge < -0.3 is 9.79 Å². The summed E-state index contributed by atoms with van der Waals surface area (Å²) in [6.07, 6.45) is 0.237. The molecule has 0 aliphatic heterocycles. The SMILES string of the molecule is O=CN(O)CC(Cc1ccccc1)CP(=O)(O)O. The lowest BCUT2D eigenvalue weighted by atomic mass is 10.0. The second-order valence-corrected chi connectivity index (χ2v) is 5.82. The number of nitrogens with zero attached hydrogens (tertiary/aromatic N) is 1. The molecule has 1 rings (SSSR count).